The highest BCUT2D eigenvalue weighted by atomic mass is 19.1. The zero-order valence-electron chi connectivity index (χ0n) is 12.4. The van der Waals surface area contributed by atoms with E-state index >= 15 is 0 Å². The van der Waals surface area contributed by atoms with Gasteiger partial charge in [-0.2, -0.15) is 0 Å². The van der Waals surface area contributed by atoms with Crippen molar-refractivity contribution < 1.29 is 8.81 Å². The highest BCUT2D eigenvalue weighted by molar-refractivity contribution is 5.29. The molecule has 0 saturated heterocycles. The maximum atomic E-state index is 13.2. The minimum absolute atomic E-state index is 0.133. The van der Waals surface area contributed by atoms with E-state index in [-0.39, 0.29) is 11.9 Å². The van der Waals surface area contributed by atoms with Crippen molar-refractivity contribution in [3.05, 3.63) is 58.8 Å². The number of hydrogen-bond donors (Lipinski definition) is 1. The van der Waals surface area contributed by atoms with Crippen LogP contribution in [0.2, 0.25) is 0 Å². The van der Waals surface area contributed by atoms with Gasteiger partial charge >= 0.3 is 0 Å². The molecule has 0 saturated carbocycles. The molecule has 1 atom stereocenters. The zero-order valence-corrected chi connectivity index (χ0v) is 12.4. The van der Waals surface area contributed by atoms with Crippen LogP contribution in [0, 0.1) is 19.7 Å². The molecule has 0 aliphatic carbocycles. The fraction of sp³-hybridized carbons (Fsp3) is 0.412. The highest BCUT2D eigenvalue weighted by Gasteiger charge is 2.18. The Hall–Kier alpha value is -1.61. The SMILES string of the molecule is CCCNC(Cc1ccc(F)cc1C)c1occc1C. The second-order valence-electron chi connectivity index (χ2n) is 5.25. The molecule has 0 bridgehead atoms. The van der Waals surface area contributed by atoms with Crippen molar-refractivity contribution in [3.63, 3.8) is 0 Å². The van der Waals surface area contributed by atoms with Gasteiger partial charge < -0.3 is 9.73 Å². The Morgan fingerprint density at radius 2 is 2.00 bits per heavy atom. The lowest BCUT2D eigenvalue weighted by Crippen LogP contribution is -2.24. The Kier molecular flexibility index (Phi) is 4.96. The summed E-state index contributed by atoms with van der Waals surface area (Å²) in [5.74, 6) is 0.792. The molecule has 1 unspecified atom stereocenters. The summed E-state index contributed by atoms with van der Waals surface area (Å²) >= 11 is 0. The van der Waals surface area contributed by atoms with Crippen LogP contribution in [0.15, 0.2) is 34.9 Å². The van der Waals surface area contributed by atoms with Gasteiger partial charge in [0.2, 0.25) is 0 Å². The molecule has 0 amide bonds. The van der Waals surface area contributed by atoms with E-state index in [1.54, 1.807) is 12.3 Å². The van der Waals surface area contributed by atoms with Crippen LogP contribution in [-0.4, -0.2) is 6.54 Å². The van der Waals surface area contributed by atoms with E-state index in [2.05, 4.69) is 19.2 Å². The molecule has 1 heterocycles. The van der Waals surface area contributed by atoms with E-state index in [1.807, 2.05) is 19.1 Å². The summed E-state index contributed by atoms with van der Waals surface area (Å²) in [4.78, 5) is 0. The van der Waals surface area contributed by atoms with Gasteiger partial charge in [-0.3, -0.25) is 0 Å². The summed E-state index contributed by atoms with van der Waals surface area (Å²) < 4.78 is 18.8. The Labute approximate surface area is 120 Å². The Morgan fingerprint density at radius 1 is 1.20 bits per heavy atom. The van der Waals surface area contributed by atoms with Crippen molar-refractivity contribution >= 4 is 0 Å². The number of halogens is 1. The summed E-state index contributed by atoms with van der Waals surface area (Å²) in [5.41, 5.74) is 3.28. The number of furan rings is 1. The van der Waals surface area contributed by atoms with E-state index in [9.17, 15) is 4.39 Å². The standard InChI is InChI=1S/C17H22FNO/c1-4-8-19-16(17-12(2)7-9-20-17)11-14-5-6-15(18)10-13(14)3/h5-7,9-10,16,19H,4,8,11H2,1-3H3. The maximum Gasteiger partial charge on any atom is 0.123 e. The molecule has 1 N–H and O–H groups in total. The normalized spacial score (nSPS) is 12.6. The fourth-order valence-electron chi connectivity index (χ4n) is 2.43. The predicted octanol–water partition coefficient (Wildman–Crippen LogP) is 4.32. The van der Waals surface area contributed by atoms with Crippen LogP contribution in [0.5, 0.6) is 0 Å². The molecule has 1 aromatic heterocycles. The number of rotatable bonds is 6. The minimum atomic E-state index is -0.182. The lowest BCUT2D eigenvalue weighted by molar-refractivity contribution is 0.407. The Balaban J connectivity index is 2.21. The van der Waals surface area contributed by atoms with Crippen molar-refractivity contribution in [2.24, 2.45) is 0 Å². The molecule has 0 radical (unpaired) electrons. The van der Waals surface area contributed by atoms with Crippen LogP contribution >= 0.6 is 0 Å². The summed E-state index contributed by atoms with van der Waals surface area (Å²) in [6, 6.07) is 7.08. The van der Waals surface area contributed by atoms with Crippen molar-refractivity contribution in [1.82, 2.24) is 5.32 Å². The quantitative estimate of drug-likeness (QED) is 0.849. The summed E-state index contributed by atoms with van der Waals surface area (Å²) in [7, 11) is 0. The zero-order chi connectivity index (χ0) is 14.5. The van der Waals surface area contributed by atoms with Gasteiger partial charge in [0.15, 0.2) is 0 Å². The Bertz CT molecular complexity index is 562. The monoisotopic (exact) mass is 275 g/mol. The van der Waals surface area contributed by atoms with Crippen LogP contribution in [0.3, 0.4) is 0 Å². The molecule has 2 nitrogen and oxygen atoms in total. The number of hydrogen-bond acceptors (Lipinski definition) is 2. The third kappa shape index (κ3) is 3.48. The second-order valence-corrected chi connectivity index (χ2v) is 5.25. The molecule has 1 aromatic carbocycles. The van der Waals surface area contributed by atoms with Crippen LogP contribution in [0.25, 0.3) is 0 Å². The van der Waals surface area contributed by atoms with Crippen LogP contribution < -0.4 is 5.32 Å². The third-order valence-corrected chi connectivity index (χ3v) is 3.59. The first-order valence-corrected chi connectivity index (χ1v) is 7.14. The first kappa shape index (κ1) is 14.8. The van der Waals surface area contributed by atoms with Crippen molar-refractivity contribution in [1.29, 1.82) is 0 Å². The molecule has 0 aliphatic heterocycles. The van der Waals surface area contributed by atoms with Crippen molar-refractivity contribution in [2.45, 2.75) is 39.7 Å². The number of nitrogens with one attached hydrogen (secondary N) is 1. The lowest BCUT2D eigenvalue weighted by Gasteiger charge is -2.18. The molecule has 2 aromatic rings. The largest absolute Gasteiger partial charge is 0.467 e. The average Bonchev–Trinajstić information content (AvgIpc) is 2.83. The van der Waals surface area contributed by atoms with E-state index in [0.717, 1.165) is 41.8 Å². The van der Waals surface area contributed by atoms with Gasteiger partial charge in [0.25, 0.3) is 0 Å². The van der Waals surface area contributed by atoms with Gasteiger partial charge in [0.05, 0.1) is 12.3 Å². The van der Waals surface area contributed by atoms with E-state index in [1.165, 1.54) is 6.07 Å². The third-order valence-electron chi connectivity index (χ3n) is 3.59. The molecule has 20 heavy (non-hydrogen) atoms. The summed E-state index contributed by atoms with van der Waals surface area (Å²) in [6.45, 7) is 7.08. The van der Waals surface area contributed by atoms with Crippen LogP contribution in [0.1, 0.15) is 41.8 Å². The molecule has 0 spiro atoms. The molecule has 108 valence electrons. The fourth-order valence-corrected chi connectivity index (χ4v) is 2.43. The molecular weight excluding hydrogens is 253 g/mol. The predicted molar refractivity (Wildman–Crippen MR) is 79.3 cm³/mol. The highest BCUT2D eigenvalue weighted by Crippen LogP contribution is 2.24. The molecule has 3 heteroatoms. The van der Waals surface area contributed by atoms with E-state index in [4.69, 9.17) is 4.42 Å². The smallest absolute Gasteiger partial charge is 0.123 e. The topological polar surface area (TPSA) is 25.2 Å². The van der Waals surface area contributed by atoms with Crippen LogP contribution in [0.4, 0.5) is 4.39 Å². The Morgan fingerprint density at radius 3 is 2.60 bits per heavy atom. The van der Waals surface area contributed by atoms with Gasteiger partial charge in [-0.25, -0.2) is 4.39 Å². The van der Waals surface area contributed by atoms with E-state index < -0.39 is 0 Å². The summed E-state index contributed by atoms with van der Waals surface area (Å²) in [5, 5.41) is 3.52. The molecule has 0 fully saturated rings. The first-order valence-electron chi connectivity index (χ1n) is 7.14. The van der Waals surface area contributed by atoms with E-state index in [0.29, 0.717) is 0 Å². The van der Waals surface area contributed by atoms with Crippen LogP contribution in [-0.2, 0) is 6.42 Å². The number of aryl methyl sites for hydroxylation is 2. The average molecular weight is 275 g/mol. The second kappa shape index (κ2) is 6.71. The lowest BCUT2D eigenvalue weighted by atomic mass is 9.98. The first-order chi connectivity index (χ1) is 9.61. The molecule has 2 rings (SSSR count). The van der Waals surface area contributed by atoms with Crippen molar-refractivity contribution in [3.8, 4) is 0 Å². The molecule has 0 aliphatic rings. The van der Waals surface area contributed by atoms with Gasteiger partial charge in [-0.15, -0.1) is 0 Å². The van der Waals surface area contributed by atoms with Gasteiger partial charge in [-0.1, -0.05) is 13.0 Å². The number of benzene rings is 1. The summed E-state index contributed by atoms with van der Waals surface area (Å²) in [6.07, 6.45) is 3.60. The molecular formula is C17H22FNO. The van der Waals surface area contributed by atoms with Gasteiger partial charge in [-0.05, 0) is 68.1 Å². The van der Waals surface area contributed by atoms with Gasteiger partial charge in [0.1, 0.15) is 11.6 Å². The maximum absolute atomic E-state index is 13.2. The minimum Gasteiger partial charge on any atom is -0.467 e. The van der Waals surface area contributed by atoms with Crippen molar-refractivity contribution in [2.75, 3.05) is 6.54 Å². The van der Waals surface area contributed by atoms with Gasteiger partial charge in [0, 0.05) is 0 Å².